The molecule has 0 saturated carbocycles. The maximum Gasteiger partial charge on any atom is 0.323 e. The smallest absolute Gasteiger partial charge is 0.323 e. The number of carboxylic acid groups (broad SMARTS) is 1. The standard InChI is InChI=1S/C14H21N3O3/c1-5-12-11(6-10(4)15-16-12)14(20)17(7-9(2)3)8-13(18)19/h6,9H,5,7-8H2,1-4H3,(H,18,19). The second-order valence-corrected chi connectivity index (χ2v) is 5.17. The van der Waals surface area contributed by atoms with Crippen LogP contribution in [0.25, 0.3) is 0 Å². The van der Waals surface area contributed by atoms with Gasteiger partial charge in [-0.15, -0.1) is 0 Å². The summed E-state index contributed by atoms with van der Waals surface area (Å²) in [5.74, 6) is -1.12. The molecular formula is C14H21N3O3. The van der Waals surface area contributed by atoms with E-state index in [-0.39, 0.29) is 18.4 Å². The molecule has 110 valence electrons. The van der Waals surface area contributed by atoms with E-state index in [2.05, 4.69) is 10.2 Å². The van der Waals surface area contributed by atoms with E-state index in [4.69, 9.17) is 5.11 Å². The van der Waals surface area contributed by atoms with Crippen molar-refractivity contribution >= 4 is 11.9 Å². The first-order valence-corrected chi connectivity index (χ1v) is 6.69. The molecule has 1 aromatic heterocycles. The van der Waals surface area contributed by atoms with Crippen molar-refractivity contribution in [3.8, 4) is 0 Å². The number of carbonyl (C=O) groups excluding carboxylic acids is 1. The SMILES string of the molecule is CCc1nnc(C)cc1C(=O)N(CC(=O)O)CC(C)C. The zero-order valence-corrected chi connectivity index (χ0v) is 12.4. The van der Waals surface area contributed by atoms with Crippen LogP contribution in [-0.4, -0.2) is 45.2 Å². The van der Waals surface area contributed by atoms with Crippen LogP contribution in [0.4, 0.5) is 0 Å². The highest BCUT2D eigenvalue weighted by Crippen LogP contribution is 2.12. The highest BCUT2D eigenvalue weighted by Gasteiger charge is 2.22. The molecule has 1 aromatic rings. The molecule has 0 bridgehead atoms. The van der Waals surface area contributed by atoms with Gasteiger partial charge in [0.1, 0.15) is 6.54 Å². The quantitative estimate of drug-likeness (QED) is 0.853. The molecule has 1 amide bonds. The van der Waals surface area contributed by atoms with Gasteiger partial charge in [0.15, 0.2) is 0 Å². The number of carboxylic acids is 1. The van der Waals surface area contributed by atoms with E-state index in [1.807, 2.05) is 20.8 Å². The first-order valence-electron chi connectivity index (χ1n) is 6.69. The van der Waals surface area contributed by atoms with Crippen molar-refractivity contribution < 1.29 is 14.7 Å². The summed E-state index contributed by atoms with van der Waals surface area (Å²) in [5, 5.41) is 16.9. The van der Waals surface area contributed by atoms with Crippen molar-refractivity contribution in [2.24, 2.45) is 5.92 Å². The fraction of sp³-hybridized carbons (Fsp3) is 0.571. The van der Waals surface area contributed by atoms with Crippen LogP contribution in [0.1, 0.15) is 42.5 Å². The van der Waals surface area contributed by atoms with E-state index < -0.39 is 5.97 Å². The first kappa shape index (κ1) is 16.1. The molecule has 20 heavy (non-hydrogen) atoms. The lowest BCUT2D eigenvalue weighted by atomic mass is 10.1. The number of aliphatic carboxylic acids is 1. The molecule has 0 unspecified atom stereocenters. The highest BCUT2D eigenvalue weighted by molar-refractivity contribution is 5.96. The van der Waals surface area contributed by atoms with Crippen molar-refractivity contribution in [2.75, 3.05) is 13.1 Å². The lowest BCUT2D eigenvalue weighted by Gasteiger charge is -2.23. The van der Waals surface area contributed by atoms with Crippen LogP contribution in [0.15, 0.2) is 6.07 Å². The summed E-state index contributed by atoms with van der Waals surface area (Å²) in [7, 11) is 0. The van der Waals surface area contributed by atoms with Gasteiger partial charge in [0, 0.05) is 6.54 Å². The fourth-order valence-electron chi connectivity index (χ4n) is 1.95. The van der Waals surface area contributed by atoms with Gasteiger partial charge in [-0.1, -0.05) is 20.8 Å². The minimum absolute atomic E-state index is 0.194. The van der Waals surface area contributed by atoms with Crippen LogP contribution in [0.3, 0.4) is 0 Å². The Morgan fingerprint density at radius 3 is 2.50 bits per heavy atom. The average Bonchev–Trinajstić information content (AvgIpc) is 2.36. The maximum absolute atomic E-state index is 12.5. The lowest BCUT2D eigenvalue weighted by molar-refractivity contribution is -0.137. The molecule has 0 atom stereocenters. The van der Waals surface area contributed by atoms with Gasteiger partial charge in [0.05, 0.1) is 17.0 Å². The Hall–Kier alpha value is -1.98. The molecule has 0 aliphatic heterocycles. The number of amides is 1. The van der Waals surface area contributed by atoms with E-state index >= 15 is 0 Å². The number of aryl methyl sites for hydroxylation is 2. The van der Waals surface area contributed by atoms with Crippen LogP contribution in [-0.2, 0) is 11.2 Å². The number of hydrogen-bond donors (Lipinski definition) is 1. The molecule has 6 nitrogen and oxygen atoms in total. The van der Waals surface area contributed by atoms with Gasteiger partial charge in [0.2, 0.25) is 0 Å². The second-order valence-electron chi connectivity index (χ2n) is 5.17. The van der Waals surface area contributed by atoms with Crippen LogP contribution in [0.5, 0.6) is 0 Å². The molecule has 0 radical (unpaired) electrons. The average molecular weight is 279 g/mol. The fourth-order valence-corrected chi connectivity index (χ4v) is 1.95. The minimum Gasteiger partial charge on any atom is -0.480 e. The summed E-state index contributed by atoms with van der Waals surface area (Å²) in [6.07, 6.45) is 0.580. The summed E-state index contributed by atoms with van der Waals surface area (Å²) in [6.45, 7) is 7.63. The predicted octanol–water partition coefficient (Wildman–Crippen LogP) is 1.53. The Morgan fingerprint density at radius 1 is 1.35 bits per heavy atom. The largest absolute Gasteiger partial charge is 0.480 e. The highest BCUT2D eigenvalue weighted by atomic mass is 16.4. The van der Waals surface area contributed by atoms with Crippen molar-refractivity contribution in [1.29, 1.82) is 0 Å². The third-order valence-corrected chi connectivity index (χ3v) is 2.76. The molecule has 6 heteroatoms. The van der Waals surface area contributed by atoms with Gasteiger partial charge in [-0.2, -0.15) is 10.2 Å². The lowest BCUT2D eigenvalue weighted by Crippen LogP contribution is -2.38. The monoisotopic (exact) mass is 279 g/mol. The van der Waals surface area contributed by atoms with Gasteiger partial charge in [-0.05, 0) is 25.3 Å². The van der Waals surface area contributed by atoms with Gasteiger partial charge in [0.25, 0.3) is 5.91 Å². The Morgan fingerprint density at radius 2 is 2.00 bits per heavy atom. The van der Waals surface area contributed by atoms with E-state index in [9.17, 15) is 9.59 Å². The Bertz CT molecular complexity index is 500. The summed E-state index contributed by atoms with van der Waals surface area (Å²) in [5.41, 5.74) is 1.69. The zero-order valence-electron chi connectivity index (χ0n) is 12.4. The van der Waals surface area contributed by atoms with Crippen LogP contribution in [0.2, 0.25) is 0 Å². The molecule has 0 aliphatic rings. The van der Waals surface area contributed by atoms with Crippen LogP contribution < -0.4 is 0 Å². The van der Waals surface area contributed by atoms with Gasteiger partial charge < -0.3 is 10.0 Å². The summed E-state index contributed by atoms with van der Waals surface area (Å²) < 4.78 is 0. The molecule has 0 spiro atoms. The molecule has 0 aromatic carbocycles. The van der Waals surface area contributed by atoms with E-state index in [0.29, 0.717) is 29.9 Å². The van der Waals surface area contributed by atoms with Gasteiger partial charge in [-0.25, -0.2) is 0 Å². The normalized spacial score (nSPS) is 10.7. The molecular weight excluding hydrogens is 258 g/mol. The predicted molar refractivity (Wildman–Crippen MR) is 74.5 cm³/mol. The number of nitrogens with zero attached hydrogens (tertiary/aromatic N) is 3. The number of hydrogen-bond acceptors (Lipinski definition) is 4. The third kappa shape index (κ3) is 4.29. The van der Waals surface area contributed by atoms with Crippen molar-refractivity contribution in [2.45, 2.75) is 34.1 Å². The second kappa shape index (κ2) is 6.98. The minimum atomic E-state index is -1.02. The molecule has 0 fully saturated rings. The van der Waals surface area contributed by atoms with Crippen LogP contribution in [0, 0.1) is 12.8 Å². The van der Waals surface area contributed by atoms with E-state index in [0.717, 1.165) is 0 Å². The zero-order chi connectivity index (χ0) is 15.3. The number of carbonyl (C=O) groups is 2. The van der Waals surface area contributed by atoms with E-state index in [1.54, 1.807) is 13.0 Å². The molecule has 0 saturated heterocycles. The van der Waals surface area contributed by atoms with E-state index in [1.165, 1.54) is 4.90 Å². The number of aromatic nitrogens is 2. The van der Waals surface area contributed by atoms with Gasteiger partial charge in [-0.3, -0.25) is 9.59 Å². The Kier molecular flexibility index (Phi) is 5.61. The molecule has 1 heterocycles. The first-order chi connectivity index (χ1) is 9.35. The van der Waals surface area contributed by atoms with Gasteiger partial charge >= 0.3 is 5.97 Å². The summed E-state index contributed by atoms with van der Waals surface area (Å²) in [6, 6.07) is 1.67. The molecule has 0 aliphatic carbocycles. The molecule has 1 rings (SSSR count). The summed E-state index contributed by atoms with van der Waals surface area (Å²) in [4.78, 5) is 24.8. The van der Waals surface area contributed by atoms with Crippen LogP contribution >= 0.6 is 0 Å². The van der Waals surface area contributed by atoms with Crippen molar-refractivity contribution in [1.82, 2.24) is 15.1 Å². The molecule has 1 N–H and O–H groups in total. The topological polar surface area (TPSA) is 83.4 Å². The third-order valence-electron chi connectivity index (χ3n) is 2.76. The maximum atomic E-state index is 12.5. The summed E-state index contributed by atoms with van der Waals surface area (Å²) >= 11 is 0. The Balaban J connectivity index is 3.10. The van der Waals surface area contributed by atoms with Crippen molar-refractivity contribution in [3.05, 3.63) is 23.0 Å². The number of rotatable bonds is 6. The Labute approximate surface area is 118 Å². The van der Waals surface area contributed by atoms with Crippen molar-refractivity contribution in [3.63, 3.8) is 0 Å².